The molecular weight excluding hydrogens is 717 g/mol. The van der Waals surface area contributed by atoms with Crippen LogP contribution in [-0.4, -0.2) is 37.9 Å². The minimum Gasteiger partial charge on any atom is -0.462 e. The lowest BCUT2D eigenvalue weighted by molar-refractivity contribution is -0.163. The molecule has 332 valence electrons. The molecule has 0 saturated carbocycles. The van der Waals surface area contributed by atoms with Crippen molar-refractivity contribution in [1.29, 1.82) is 0 Å². The molecule has 0 aliphatic carbocycles. The molecule has 1 atom stereocenters. The van der Waals surface area contributed by atoms with Crippen molar-refractivity contribution in [1.82, 2.24) is 0 Å². The van der Waals surface area contributed by atoms with E-state index in [1.54, 1.807) is 0 Å². The molecule has 5 nitrogen and oxygen atoms in total. The van der Waals surface area contributed by atoms with Gasteiger partial charge in [-0.15, -0.1) is 0 Å². The molecule has 0 amide bonds. The Morgan fingerprint density at radius 1 is 0.397 bits per heavy atom. The first kappa shape index (κ1) is 55.1. The van der Waals surface area contributed by atoms with E-state index >= 15 is 0 Å². The van der Waals surface area contributed by atoms with Gasteiger partial charge in [0.25, 0.3) is 0 Å². The average molecular weight is 807 g/mol. The Morgan fingerprint density at radius 3 is 1.24 bits per heavy atom. The molecule has 5 heteroatoms. The van der Waals surface area contributed by atoms with Crippen molar-refractivity contribution in [2.45, 2.75) is 219 Å². The predicted molar refractivity (Wildman–Crippen MR) is 251 cm³/mol. The lowest BCUT2D eigenvalue weighted by atomic mass is 10.1. The fourth-order valence-electron chi connectivity index (χ4n) is 6.40. The third kappa shape index (κ3) is 45.8. The van der Waals surface area contributed by atoms with Crippen LogP contribution in [0.5, 0.6) is 0 Å². The summed E-state index contributed by atoms with van der Waals surface area (Å²) in [6.45, 7) is 7.52. The Morgan fingerprint density at radius 2 is 0.776 bits per heavy atom. The molecule has 0 aliphatic heterocycles. The second-order valence-corrected chi connectivity index (χ2v) is 15.6. The van der Waals surface area contributed by atoms with Gasteiger partial charge in [-0.2, -0.15) is 0 Å². The fraction of sp³-hybridized carbons (Fsp3) is 0.698. The number of carbonyl (C=O) groups is 2. The van der Waals surface area contributed by atoms with E-state index < -0.39 is 6.10 Å². The molecule has 0 aromatic rings. The Hall–Kier alpha value is -2.92. The number of unbranched alkanes of at least 4 members (excludes halogenated alkanes) is 18. The van der Waals surface area contributed by atoms with Crippen molar-refractivity contribution in [3.8, 4) is 0 Å². The molecule has 58 heavy (non-hydrogen) atoms. The molecule has 0 N–H and O–H groups in total. The smallest absolute Gasteiger partial charge is 0.306 e. The Kier molecular flexibility index (Phi) is 46.0. The van der Waals surface area contributed by atoms with Crippen LogP contribution in [-0.2, 0) is 23.8 Å². The van der Waals surface area contributed by atoms with E-state index in [0.29, 0.717) is 19.4 Å². The van der Waals surface area contributed by atoms with Gasteiger partial charge in [0, 0.05) is 19.4 Å². The lowest BCUT2D eigenvalue weighted by Gasteiger charge is -2.18. The molecule has 0 spiro atoms. The Bertz CT molecular complexity index is 1090. The van der Waals surface area contributed by atoms with Crippen LogP contribution < -0.4 is 0 Å². The first-order valence-electron chi connectivity index (χ1n) is 24.1. The van der Waals surface area contributed by atoms with Crippen LogP contribution in [0.25, 0.3) is 0 Å². The van der Waals surface area contributed by atoms with E-state index in [-0.39, 0.29) is 25.2 Å². The topological polar surface area (TPSA) is 61.8 Å². The Balaban J connectivity index is 4.33. The van der Waals surface area contributed by atoms with Gasteiger partial charge in [-0.05, 0) is 89.9 Å². The maximum absolute atomic E-state index is 12.7. The molecule has 0 radical (unpaired) electrons. The standard InChI is InChI=1S/C53H90O5/c1-4-7-10-13-16-19-22-24-26-27-28-29-32-34-37-40-43-46-52(54)57-50-51(58-53(55)47-44-41-38-35-31-21-18-15-12-9-6-3)49-56-48-45-42-39-36-33-30-25-23-20-17-14-11-8-5-2/h7-8,10-11,16-17,19-20,24-26,28-30,51H,4-6,9,12-15,18,21-23,27,31-50H2,1-3H3/b10-7-,11-8-,19-16-,20-17-,26-24-,29-28-,30-25-. The highest BCUT2D eigenvalue weighted by Crippen LogP contribution is 2.13. The quantitative estimate of drug-likeness (QED) is 0.0349. The molecule has 0 aromatic carbocycles. The van der Waals surface area contributed by atoms with Crippen molar-refractivity contribution in [2.24, 2.45) is 0 Å². The number of esters is 2. The first-order chi connectivity index (χ1) is 28.6. The summed E-state index contributed by atoms with van der Waals surface area (Å²) in [5.74, 6) is -0.440. The van der Waals surface area contributed by atoms with Gasteiger partial charge < -0.3 is 14.2 Å². The minimum atomic E-state index is -0.558. The lowest BCUT2D eigenvalue weighted by Crippen LogP contribution is -2.30. The predicted octanol–water partition coefficient (Wildman–Crippen LogP) is 16.1. The van der Waals surface area contributed by atoms with E-state index in [1.807, 2.05) is 0 Å². The first-order valence-corrected chi connectivity index (χ1v) is 24.1. The number of ether oxygens (including phenoxy) is 3. The van der Waals surface area contributed by atoms with E-state index in [1.165, 1.54) is 70.6 Å². The molecule has 0 aliphatic rings. The summed E-state index contributed by atoms with van der Waals surface area (Å²) in [5.41, 5.74) is 0. The molecule has 0 bridgehead atoms. The van der Waals surface area contributed by atoms with Gasteiger partial charge in [0.1, 0.15) is 6.61 Å². The number of rotatable bonds is 43. The number of carbonyl (C=O) groups excluding carboxylic acids is 2. The summed E-state index contributed by atoms with van der Waals surface area (Å²) in [5, 5.41) is 0. The van der Waals surface area contributed by atoms with Crippen LogP contribution >= 0.6 is 0 Å². The summed E-state index contributed by atoms with van der Waals surface area (Å²) >= 11 is 0. The average Bonchev–Trinajstić information content (AvgIpc) is 3.22. The van der Waals surface area contributed by atoms with E-state index in [2.05, 4.69) is 106 Å². The van der Waals surface area contributed by atoms with E-state index in [9.17, 15) is 9.59 Å². The number of hydrogen-bond acceptors (Lipinski definition) is 5. The summed E-state index contributed by atoms with van der Waals surface area (Å²) < 4.78 is 17.3. The van der Waals surface area contributed by atoms with Crippen LogP contribution in [0.15, 0.2) is 85.1 Å². The van der Waals surface area contributed by atoms with Crippen LogP contribution in [0.3, 0.4) is 0 Å². The molecular formula is C53H90O5. The Labute approximate surface area is 359 Å². The third-order valence-electron chi connectivity index (χ3n) is 9.93. The summed E-state index contributed by atoms with van der Waals surface area (Å²) in [7, 11) is 0. The number of hydrogen-bond donors (Lipinski definition) is 0. The van der Waals surface area contributed by atoms with Crippen molar-refractivity contribution in [3.63, 3.8) is 0 Å². The van der Waals surface area contributed by atoms with Crippen molar-refractivity contribution < 1.29 is 23.8 Å². The molecule has 0 saturated heterocycles. The zero-order chi connectivity index (χ0) is 42.1. The summed E-state index contributed by atoms with van der Waals surface area (Å²) in [6.07, 6.45) is 63.0. The second kappa shape index (κ2) is 48.4. The highest BCUT2D eigenvalue weighted by molar-refractivity contribution is 5.70. The van der Waals surface area contributed by atoms with Gasteiger partial charge in [-0.25, -0.2) is 0 Å². The van der Waals surface area contributed by atoms with E-state index in [0.717, 1.165) is 109 Å². The van der Waals surface area contributed by atoms with Crippen molar-refractivity contribution in [2.75, 3.05) is 19.8 Å². The van der Waals surface area contributed by atoms with Crippen LogP contribution in [0.2, 0.25) is 0 Å². The third-order valence-corrected chi connectivity index (χ3v) is 9.93. The summed E-state index contributed by atoms with van der Waals surface area (Å²) in [4.78, 5) is 25.3. The fourth-order valence-corrected chi connectivity index (χ4v) is 6.40. The second-order valence-electron chi connectivity index (χ2n) is 15.6. The molecule has 1 unspecified atom stereocenters. The zero-order valence-corrected chi connectivity index (χ0v) is 38.0. The van der Waals surface area contributed by atoms with Gasteiger partial charge in [0.2, 0.25) is 0 Å². The van der Waals surface area contributed by atoms with Gasteiger partial charge in [0.15, 0.2) is 6.10 Å². The molecule has 0 heterocycles. The van der Waals surface area contributed by atoms with Gasteiger partial charge in [-0.1, -0.05) is 196 Å². The van der Waals surface area contributed by atoms with Crippen molar-refractivity contribution in [3.05, 3.63) is 85.1 Å². The molecule has 0 rings (SSSR count). The molecule has 0 fully saturated rings. The maximum atomic E-state index is 12.7. The van der Waals surface area contributed by atoms with E-state index in [4.69, 9.17) is 14.2 Å². The zero-order valence-electron chi connectivity index (χ0n) is 38.0. The monoisotopic (exact) mass is 807 g/mol. The highest BCUT2D eigenvalue weighted by atomic mass is 16.6. The summed E-state index contributed by atoms with van der Waals surface area (Å²) in [6, 6.07) is 0. The van der Waals surface area contributed by atoms with Crippen molar-refractivity contribution >= 4 is 11.9 Å². The van der Waals surface area contributed by atoms with Gasteiger partial charge >= 0.3 is 11.9 Å². The normalized spacial score (nSPS) is 12.9. The van der Waals surface area contributed by atoms with Gasteiger partial charge in [0.05, 0.1) is 6.61 Å². The minimum absolute atomic E-state index is 0.0611. The largest absolute Gasteiger partial charge is 0.462 e. The molecule has 0 aromatic heterocycles. The van der Waals surface area contributed by atoms with Crippen LogP contribution in [0.1, 0.15) is 213 Å². The maximum Gasteiger partial charge on any atom is 0.306 e. The van der Waals surface area contributed by atoms with Crippen LogP contribution in [0.4, 0.5) is 0 Å². The van der Waals surface area contributed by atoms with Gasteiger partial charge in [-0.3, -0.25) is 9.59 Å². The highest BCUT2D eigenvalue weighted by Gasteiger charge is 2.17. The van der Waals surface area contributed by atoms with Crippen LogP contribution in [0, 0.1) is 0 Å². The SMILES string of the molecule is CC/C=C\C/C=C\C/C=C\C/C=C\CCCCCCC(=O)OCC(COCCCCCC/C=C\C/C=C\C/C=C\CC)OC(=O)CCCCCCCCCCCCC. The number of allylic oxidation sites excluding steroid dienone is 14.